The molecule has 1 fully saturated rings. The van der Waals surface area contributed by atoms with Gasteiger partial charge in [-0.2, -0.15) is 0 Å². The molecule has 0 atom stereocenters. The van der Waals surface area contributed by atoms with E-state index in [-0.39, 0.29) is 11.9 Å². The van der Waals surface area contributed by atoms with Crippen LogP contribution in [0.25, 0.3) is 28.2 Å². The Bertz CT molecular complexity index is 1220. The van der Waals surface area contributed by atoms with Gasteiger partial charge in [-0.3, -0.25) is 4.79 Å². The van der Waals surface area contributed by atoms with E-state index in [1.807, 2.05) is 72.3 Å². The van der Waals surface area contributed by atoms with E-state index in [9.17, 15) is 4.79 Å². The third-order valence-corrected chi connectivity index (χ3v) is 5.71. The van der Waals surface area contributed by atoms with E-state index in [1.165, 1.54) is 0 Å². The maximum absolute atomic E-state index is 12.7. The molecule has 4 aromatic rings. The first kappa shape index (κ1) is 20.2. The highest BCUT2D eigenvalue weighted by molar-refractivity contribution is 5.95. The number of benzene rings is 2. The summed E-state index contributed by atoms with van der Waals surface area (Å²) in [5, 5.41) is 7.36. The van der Waals surface area contributed by atoms with Crippen LogP contribution in [-0.4, -0.2) is 39.9 Å². The van der Waals surface area contributed by atoms with E-state index < -0.39 is 0 Å². The first-order valence-corrected chi connectivity index (χ1v) is 10.7. The molecular weight excluding hydrogens is 404 g/mol. The molecular formula is C25H24N4O3. The van der Waals surface area contributed by atoms with Gasteiger partial charge in [0.15, 0.2) is 0 Å². The van der Waals surface area contributed by atoms with Gasteiger partial charge in [-0.05, 0) is 38.0 Å². The van der Waals surface area contributed by atoms with Gasteiger partial charge in [0.05, 0.1) is 17.6 Å². The minimum absolute atomic E-state index is 0.0691. The average Bonchev–Trinajstić information content (AvgIpc) is 3.47. The fraction of sp³-hybridized carbons (Fsp3) is 0.240. The number of imidazole rings is 1. The van der Waals surface area contributed by atoms with Crippen LogP contribution in [0.15, 0.2) is 71.6 Å². The summed E-state index contributed by atoms with van der Waals surface area (Å²) < 4.78 is 12.8. The Balaban J connectivity index is 1.41. The van der Waals surface area contributed by atoms with Gasteiger partial charge < -0.3 is 19.1 Å². The highest BCUT2D eigenvalue weighted by atomic mass is 16.5. The zero-order chi connectivity index (χ0) is 21.9. The lowest BCUT2D eigenvalue weighted by atomic mass is 10.0. The highest BCUT2D eigenvalue weighted by Crippen LogP contribution is 2.33. The van der Waals surface area contributed by atoms with Crippen molar-refractivity contribution in [3.8, 4) is 28.2 Å². The molecule has 7 nitrogen and oxygen atoms in total. The van der Waals surface area contributed by atoms with Crippen molar-refractivity contribution in [2.24, 2.45) is 0 Å². The summed E-state index contributed by atoms with van der Waals surface area (Å²) >= 11 is 0. The molecule has 162 valence electrons. The van der Waals surface area contributed by atoms with E-state index in [0.717, 1.165) is 41.0 Å². The van der Waals surface area contributed by atoms with Crippen molar-refractivity contribution >= 4 is 5.91 Å². The van der Waals surface area contributed by atoms with Crippen LogP contribution in [0, 0.1) is 6.92 Å². The number of rotatable bonds is 5. The molecule has 0 radical (unpaired) electrons. The Hall–Kier alpha value is -3.71. The molecule has 1 N–H and O–H groups in total. The Kier molecular flexibility index (Phi) is 5.56. The van der Waals surface area contributed by atoms with Gasteiger partial charge in [0.2, 0.25) is 0 Å². The number of aromatic nitrogens is 3. The summed E-state index contributed by atoms with van der Waals surface area (Å²) in [5.74, 6) is 0.638. The van der Waals surface area contributed by atoms with Crippen molar-refractivity contribution in [1.29, 1.82) is 0 Å². The van der Waals surface area contributed by atoms with E-state index in [4.69, 9.17) is 9.26 Å². The summed E-state index contributed by atoms with van der Waals surface area (Å²) in [4.78, 5) is 17.3. The quantitative estimate of drug-likeness (QED) is 0.509. The Labute approximate surface area is 186 Å². The molecule has 2 aromatic heterocycles. The second kappa shape index (κ2) is 8.80. The number of aryl methyl sites for hydroxylation is 1. The predicted octanol–water partition coefficient (Wildman–Crippen LogP) is 4.41. The second-order valence-corrected chi connectivity index (χ2v) is 7.91. The molecule has 0 saturated carbocycles. The van der Waals surface area contributed by atoms with Gasteiger partial charge in [0.1, 0.15) is 11.5 Å². The Morgan fingerprint density at radius 2 is 1.91 bits per heavy atom. The number of amides is 1. The van der Waals surface area contributed by atoms with Crippen LogP contribution in [0.1, 0.15) is 29.0 Å². The van der Waals surface area contributed by atoms with Crippen LogP contribution in [-0.2, 0) is 4.74 Å². The van der Waals surface area contributed by atoms with Gasteiger partial charge in [-0.1, -0.05) is 41.6 Å². The summed E-state index contributed by atoms with van der Waals surface area (Å²) in [7, 11) is 0. The first-order chi connectivity index (χ1) is 15.7. The van der Waals surface area contributed by atoms with E-state index in [2.05, 4.69) is 15.5 Å². The predicted molar refractivity (Wildman–Crippen MR) is 121 cm³/mol. The fourth-order valence-corrected chi connectivity index (χ4v) is 3.98. The van der Waals surface area contributed by atoms with Crippen molar-refractivity contribution in [2.75, 3.05) is 13.2 Å². The molecule has 0 aliphatic carbocycles. The van der Waals surface area contributed by atoms with Crippen molar-refractivity contribution in [3.63, 3.8) is 0 Å². The SMILES string of the molecule is Cc1onc(-c2ccccc2)c1-c1cn(-c2cccc(C(=O)NC3CCOCC3)c2)cn1. The zero-order valence-corrected chi connectivity index (χ0v) is 17.8. The number of nitrogens with zero attached hydrogens (tertiary/aromatic N) is 3. The Morgan fingerprint density at radius 1 is 1.09 bits per heavy atom. The molecule has 3 heterocycles. The van der Waals surface area contributed by atoms with E-state index in [1.54, 1.807) is 6.33 Å². The lowest BCUT2D eigenvalue weighted by molar-refractivity contribution is 0.0696. The van der Waals surface area contributed by atoms with Gasteiger partial charge in [-0.15, -0.1) is 0 Å². The van der Waals surface area contributed by atoms with Crippen LogP contribution in [0.2, 0.25) is 0 Å². The van der Waals surface area contributed by atoms with Crippen LogP contribution < -0.4 is 5.32 Å². The number of carbonyl (C=O) groups is 1. The van der Waals surface area contributed by atoms with Gasteiger partial charge >= 0.3 is 0 Å². The largest absolute Gasteiger partial charge is 0.381 e. The third-order valence-electron chi connectivity index (χ3n) is 5.71. The average molecular weight is 428 g/mol. The summed E-state index contributed by atoms with van der Waals surface area (Å²) in [6.07, 6.45) is 5.36. The number of hydrogen-bond acceptors (Lipinski definition) is 5. The molecule has 1 saturated heterocycles. The molecule has 1 aliphatic heterocycles. The molecule has 2 aromatic carbocycles. The lowest BCUT2D eigenvalue weighted by Crippen LogP contribution is -2.38. The number of ether oxygens (including phenoxy) is 1. The molecule has 32 heavy (non-hydrogen) atoms. The van der Waals surface area contributed by atoms with Crippen molar-refractivity contribution in [1.82, 2.24) is 20.0 Å². The topological polar surface area (TPSA) is 82.2 Å². The highest BCUT2D eigenvalue weighted by Gasteiger charge is 2.20. The molecule has 7 heteroatoms. The summed E-state index contributed by atoms with van der Waals surface area (Å²) in [5.41, 5.74) is 4.84. The van der Waals surface area contributed by atoms with Gasteiger partial charge in [0.25, 0.3) is 5.91 Å². The minimum Gasteiger partial charge on any atom is -0.381 e. The molecule has 5 rings (SSSR count). The van der Waals surface area contributed by atoms with Crippen molar-refractivity contribution in [3.05, 3.63) is 78.4 Å². The first-order valence-electron chi connectivity index (χ1n) is 10.7. The minimum atomic E-state index is -0.0691. The molecule has 1 aliphatic rings. The molecule has 0 spiro atoms. The molecule has 0 bridgehead atoms. The van der Waals surface area contributed by atoms with Crippen molar-refractivity contribution < 1.29 is 14.1 Å². The molecule has 0 unspecified atom stereocenters. The van der Waals surface area contributed by atoms with Crippen LogP contribution in [0.4, 0.5) is 0 Å². The maximum atomic E-state index is 12.7. The van der Waals surface area contributed by atoms with Crippen LogP contribution in [0.5, 0.6) is 0 Å². The van der Waals surface area contributed by atoms with Gasteiger partial charge in [-0.25, -0.2) is 4.98 Å². The third kappa shape index (κ3) is 4.07. The number of carbonyl (C=O) groups excluding carboxylic acids is 1. The second-order valence-electron chi connectivity index (χ2n) is 7.91. The lowest BCUT2D eigenvalue weighted by Gasteiger charge is -2.23. The number of nitrogens with one attached hydrogen (secondary N) is 1. The van der Waals surface area contributed by atoms with Crippen LogP contribution >= 0.6 is 0 Å². The zero-order valence-electron chi connectivity index (χ0n) is 17.8. The molecule has 1 amide bonds. The number of hydrogen-bond donors (Lipinski definition) is 1. The maximum Gasteiger partial charge on any atom is 0.251 e. The standard InChI is InChI=1S/C25H24N4O3/c1-17-23(24(28-32-17)18-6-3-2-4-7-18)22-15-29(16-26-22)21-9-5-8-19(14-21)25(30)27-20-10-12-31-13-11-20/h2-9,14-16,20H,10-13H2,1H3,(H,27,30). The van der Waals surface area contributed by atoms with E-state index in [0.29, 0.717) is 24.5 Å². The van der Waals surface area contributed by atoms with Crippen molar-refractivity contribution in [2.45, 2.75) is 25.8 Å². The van der Waals surface area contributed by atoms with Crippen LogP contribution in [0.3, 0.4) is 0 Å². The van der Waals surface area contributed by atoms with E-state index >= 15 is 0 Å². The monoisotopic (exact) mass is 428 g/mol. The van der Waals surface area contributed by atoms with Gasteiger partial charge in [0, 0.05) is 42.3 Å². The summed E-state index contributed by atoms with van der Waals surface area (Å²) in [6.45, 7) is 3.27. The normalized spacial score (nSPS) is 14.4. The fourth-order valence-electron chi connectivity index (χ4n) is 3.98. The Morgan fingerprint density at radius 3 is 2.72 bits per heavy atom. The smallest absolute Gasteiger partial charge is 0.251 e. The summed E-state index contributed by atoms with van der Waals surface area (Å²) in [6, 6.07) is 17.6.